The summed E-state index contributed by atoms with van der Waals surface area (Å²) in [6.45, 7) is 1.77. The molecule has 0 aliphatic heterocycles. The quantitative estimate of drug-likeness (QED) is 0.231. The van der Waals surface area contributed by atoms with Crippen molar-refractivity contribution in [2.75, 3.05) is 25.1 Å². The van der Waals surface area contributed by atoms with Gasteiger partial charge in [0, 0.05) is 41.8 Å². The maximum absolute atomic E-state index is 15.8. The third-order valence-corrected chi connectivity index (χ3v) is 8.84. The number of aromatic nitrogens is 1. The zero-order chi connectivity index (χ0) is 27.4. The summed E-state index contributed by atoms with van der Waals surface area (Å²) in [5.74, 6) is -3.58. The molecule has 0 atom stereocenters. The van der Waals surface area contributed by atoms with Gasteiger partial charge in [-0.05, 0) is 89.4 Å². The first-order valence-electron chi connectivity index (χ1n) is 12.0. The molecule has 3 aromatic rings. The summed E-state index contributed by atoms with van der Waals surface area (Å²) < 4.78 is 60.3. The zero-order valence-corrected chi connectivity index (χ0v) is 23.8. The molecule has 0 unspecified atom stereocenters. The van der Waals surface area contributed by atoms with Crippen LogP contribution < -0.4 is 10.4 Å². The Labute approximate surface area is 234 Å². The topological polar surface area (TPSA) is 91.8 Å². The number of nitrogens with zero attached hydrogens (tertiary/aromatic N) is 3. The number of carbonyl (C=O) groups excluding carboxylic acids is 1. The first kappa shape index (κ1) is 28.3. The van der Waals surface area contributed by atoms with Crippen molar-refractivity contribution in [3.8, 4) is 0 Å². The number of nitrogens with one attached hydrogen (secondary N) is 1. The van der Waals surface area contributed by atoms with E-state index in [1.54, 1.807) is 43.3 Å². The molecule has 4 rings (SSSR count). The smallest absolute Gasteiger partial charge is 0.277 e. The van der Waals surface area contributed by atoms with Crippen LogP contribution in [0.4, 0.5) is 20.2 Å². The number of halogens is 3. The lowest BCUT2D eigenvalue weighted by Crippen LogP contribution is -2.33. The SMILES string of the molecule is CCN(Cc1ccncc1)S(=O)(=O)c1cc(C(=O)NOCC2CC2)c(N(C)c2ccc(I)cc2)c(F)c1F. The van der Waals surface area contributed by atoms with E-state index in [4.69, 9.17) is 4.84 Å². The van der Waals surface area contributed by atoms with Gasteiger partial charge in [-0.2, -0.15) is 4.31 Å². The van der Waals surface area contributed by atoms with Crippen LogP contribution >= 0.6 is 22.6 Å². The number of hydroxylamine groups is 1. The number of hydrogen-bond acceptors (Lipinski definition) is 6. The number of benzene rings is 2. The van der Waals surface area contributed by atoms with E-state index < -0.39 is 38.1 Å². The Balaban J connectivity index is 1.78. The normalized spacial score (nSPS) is 13.5. The van der Waals surface area contributed by atoms with Crippen LogP contribution in [0.3, 0.4) is 0 Å². The minimum absolute atomic E-state index is 0.0119. The van der Waals surface area contributed by atoms with Crippen molar-refractivity contribution >= 4 is 49.9 Å². The third-order valence-electron chi connectivity index (χ3n) is 6.20. The molecule has 1 saturated carbocycles. The molecule has 1 N–H and O–H groups in total. The lowest BCUT2D eigenvalue weighted by atomic mass is 10.1. The highest BCUT2D eigenvalue weighted by molar-refractivity contribution is 14.1. The molecule has 38 heavy (non-hydrogen) atoms. The summed E-state index contributed by atoms with van der Waals surface area (Å²) in [6.07, 6.45) is 4.98. The molecule has 8 nitrogen and oxygen atoms in total. The lowest BCUT2D eigenvalue weighted by Gasteiger charge is -2.26. The number of carbonyl (C=O) groups is 1. The van der Waals surface area contributed by atoms with Gasteiger partial charge in [-0.15, -0.1) is 0 Å². The Bertz CT molecular complexity index is 1400. The first-order valence-corrected chi connectivity index (χ1v) is 14.5. The molecule has 1 aliphatic rings. The number of amides is 1. The fourth-order valence-corrected chi connectivity index (χ4v) is 5.72. The van der Waals surface area contributed by atoms with Gasteiger partial charge in [0.25, 0.3) is 5.91 Å². The predicted octanol–water partition coefficient (Wildman–Crippen LogP) is 5.01. The summed E-state index contributed by atoms with van der Waals surface area (Å²) in [7, 11) is -3.07. The van der Waals surface area contributed by atoms with Gasteiger partial charge in [-0.1, -0.05) is 6.92 Å². The average molecular weight is 656 g/mol. The highest BCUT2D eigenvalue weighted by Crippen LogP contribution is 2.36. The highest BCUT2D eigenvalue weighted by Gasteiger charge is 2.34. The Morgan fingerprint density at radius 2 is 1.79 bits per heavy atom. The molecule has 12 heteroatoms. The maximum Gasteiger partial charge on any atom is 0.277 e. The number of pyridine rings is 1. The fourth-order valence-electron chi connectivity index (χ4n) is 3.84. The van der Waals surface area contributed by atoms with Gasteiger partial charge in [0.1, 0.15) is 4.90 Å². The van der Waals surface area contributed by atoms with Gasteiger partial charge in [0.2, 0.25) is 10.0 Å². The van der Waals surface area contributed by atoms with E-state index in [1.807, 2.05) is 0 Å². The van der Waals surface area contributed by atoms with Crippen LogP contribution in [0.15, 0.2) is 59.8 Å². The maximum atomic E-state index is 15.8. The van der Waals surface area contributed by atoms with Crippen molar-refractivity contribution in [1.29, 1.82) is 0 Å². The van der Waals surface area contributed by atoms with E-state index >= 15 is 8.78 Å². The molecule has 1 heterocycles. The molecule has 0 spiro atoms. The summed E-state index contributed by atoms with van der Waals surface area (Å²) in [5.41, 5.74) is 2.57. The molecule has 2 aromatic carbocycles. The van der Waals surface area contributed by atoms with Gasteiger partial charge in [-0.25, -0.2) is 22.7 Å². The Morgan fingerprint density at radius 1 is 1.13 bits per heavy atom. The molecule has 1 aliphatic carbocycles. The second-order valence-corrected chi connectivity index (χ2v) is 12.1. The summed E-state index contributed by atoms with van der Waals surface area (Å²) >= 11 is 2.11. The Hall–Kier alpha value is -2.68. The number of anilines is 2. The minimum Gasteiger partial charge on any atom is -0.341 e. The van der Waals surface area contributed by atoms with Crippen LogP contribution in [0.2, 0.25) is 0 Å². The van der Waals surface area contributed by atoms with Crippen LogP contribution in [0, 0.1) is 21.1 Å². The highest BCUT2D eigenvalue weighted by atomic mass is 127. The largest absolute Gasteiger partial charge is 0.341 e. The van der Waals surface area contributed by atoms with Crippen molar-refractivity contribution in [2.45, 2.75) is 31.2 Å². The van der Waals surface area contributed by atoms with Crippen LogP contribution in [0.25, 0.3) is 0 Å². The third kappa shape index (κ3) is 6.30. The molecule has 1 aromatic heterocycles. The Morgan fingerprint density at radius 3 is 2.39 bits per heavy atom. The fraction of sp³-hybridized carbons (Fsp3) is 0.308. The molecule has 0 radical (unpaired) electrons. The molecule has 1 fully saturated rings. The van der Waals surface area contributed by atoms with E-state index in [0.29, 0.717) is 17.2 Å². The van der Waals surface area contributed by atoms with Gasteiger partial charge in [0.05, 0.1) is 17.9 Å². The van der Waals surface area contributed by atoms with Gasteiger partial charge < -0.3 is 4.90 Å². The zero-order valence-electron chi connectivity index (χ0n) is 20.8. The van der Waals surface area contributed by atoms with E-state index in [9.17, 15) is 13.2 Å². The molecule has 0 saturated heterocycles. The van der Waals surface area contributed by atoms with Crippen LogP contribution in [0.5, 0.6) is 0 Å². The van der Waals surface area contributed by atoms with Crippen LogP contribution in [-0.2, 0) is 21.4 Å². The molecular formula is C26H27F2IN4O4S. The van der Waals surface area contributed by atoms with Gasteiger partial charge >= 0.3 is 0 Å². The van der Waals surface area contributed by atoms with E-state index in [-0.39, 0.29) is 25.3 Å². The van der Waals surface area contributed by atoms with Crippen LogP contribution in [0.1, 0.15) is 35.7 Å². The summed E-state index contributed by atoms with van der Waals surface area (Å²) in [4.78, 5) is 22.7. The second kappa shape index (κ2) is 12.0. The number of hydrogen-bond donors (Lipinski definition) is 1. The van der Waals surface area contributed by atoms with Gasteiger partial charge in [-0.3, -0.25) is 14.6 Å². The summed E-state index contributed by atoms with van der Waals surface area (Å²) in [5, 5.41) is 0. The Kier molecular flexibility index (Phi) is 8.96. The van der Waals surface area contributed by atoms with E-state index in [1.165, 1.54) is 24.3 Å². The minimum atomic E-state index is -4.54. The first-order chi connectivity index (χ1) is 18.1. The summed E-state index contributed by atoms with van der Waals surface area (Å²) in [6, 6.07) is 11.0. The van der Waals surface area contributed by atoms with Gasteiger partial charge in [0.15, 0.2) is 11.6 Å². The molecular weight excluding hydrogens is 629 g/mol. The standard InChI is InChI=1S/C26H27F2IN4O4S/c1-3-33(15-17-10-12-30-13-11-17)38(35,36)22-14-21(26(34)31-37-16-18-4-5-18)25(24(28)23(22)27)32(2)20-8-6-19(29)7-9-20/h6-14,18H,3-5,15-16H2,1-2H3,(H,31,34). The van der Waals surface area contributed by atoms with E-state index in [2.05, 4.69) is 33.1 Å². The monoisotopic (exact) mass is 656 g/mol. The lowest BCUT2D eigenvalue weighted by molar-refractivity contribution is 0.0270. The molecule has 202 valence electrons. The number of sulfonamides is 1. The average Bonchev–Trinajstić information content (AvgIpc) is 3.73. The van der Waals surface area contributed by atoms with Crippen molar-refractivity contribution in [3.63, 3.8) is 0 Å². The number of rotatable bonds is 11. The van der Waals surface area contributed by atoms with Crippen molar-refractivity contribution in [1.82, 2.24) is 14.8 Å². The predicted molar refractivity (Wildman–Crippen MR) is 147 cm³/mol. The van der Waals surface area contributed by atoms with Crippen LogP contribution in [-0.4, -0.2) is 43.8 Å². The van der Waals surface area contributed by atoms with Crippen molar-refractivity contribution in [2.24, 2.45) is 5.92 Å². The van der Waals surface area contributed by atoms with Crippen molar-refractivity contribution in [3.05, 3.63) is 81.2 Å². The second-order valence-electron chi connectivity index (χ2n) is 8.91. The van der Waals surface area contributed by atoms with Crippen molar-refractivity contribution < 1.29 is 26.8 Å². The molecule has 0 bridgehead atoms. The molecule has 1 amide bonds. The van der Waals surface area contributed by atoms with E-state index in [0.717, 1.165) is 26.8 Å².